The van der Waals surface area contributed by atoms with Crippen molar-refractivity contribution in [1.82, 2.24) is 15.3 Å². The molecule has 0 spiro atoms. The summed E-state index contributed by atoms with van der Waals surface area (Å²) in [5, 5.41) is 3.27. The van der Waals surface area contributed by atoms with E-state index < -0.39 is 0 Å². The first-order valence-corrected chi connectivity index (χ1v) is 5.42. The zero-order valence-electron chi connectivity index (χ0n) is 9.86. The van der Waals surface area contributed by atoms with Gasteiger partial charge in [0.1, 0.15) is 5.69 Å². The molecule has 1 aliphatic carbocycles. The molecule has 1 atom stereocenters. The molecule has 5 nitrogen and oxygen atoms in total. The average Bonchev–Trinajstić information content (AvgIpc) is 3.15. The van der Waals surface area contributed by atoms with Crippen molar-refractivity contribution in [2.45, 2.75) is 18.9 Å². The van der Waals surface area contributed by atoms with Crippen molar-refractivity contribution in [3.63, 3.8) is 0 Å². The van der Waals surface area contributed by atoms with Crippen molar-refractivity contribution in [2.24, 2.45) is 5.92 Å². The Morgan fingerprint density at radius 2 is 2.12 bits per heavy atom. The van der Waals surface area contributed by atoms with Gasteiger partial charge >= 0.3 is 0 Å². The van der Waals surface area contributed by atoms with Gasteiger partial charge in [0.25, 0.3) is 0 Å². The standard InChI is InChI=1S/C11H17N3O2/c1-12-9(7-4-5-7)10-11(16-3)14-8(15-2)6-13-10/h6-7,9,12H,4-5H2,1-3H3. The predicted molar refractivity (Wildman–Crippen MR) is 59.7 cm³/mol. The molecule has 1 unspecified atom stereocenters. The minimum Gasteiger partial charge on any atom is -0.480 e. The lowest BCUT2D eigenvalue weighted by atomic mass is 10.1. The third kappa shape index (κ3) is 2.09. The quantitative estimate of drug-likeness (QED) is 0.812. The van der Waals surface area contributed by atoms with Crippen LogP contribution in [0.4, 0.5) is 0 Å². The number of aromatic nitrogens is 2. The summed E-state index contributed by atoms with van der Waals surface area (Å²) >= 11 is 0. The van der Waals surface area contributed by atoms with Crippen molar-refractivity contribution < 1.29 is 9.47 Å². The van der Waals surface area contributed by atoms with Crippen molar-refractivity contribution in [1.29, 1.82) is 0 Å². The molecule has 5 heteroatoms. The van der Waals surface area contributed by atoms with Crippen LogP contribution in [0, 0.1) is 5.92 Å². The summed E-state index contributed by atoms with van der Waals surface area (Å²) in [6, 6.07) is 0.230. The lowest BCUT2D eigenvalue weighted by Gasteiger charge is -2.17. The first kappa shape index (κ1) is 11.1. The fraction of sp³-hybridized carbons (Fsp3) is 0.636. The Kier molecular flexibility index (Phi) is 3.24. The first-order valence-electron chi connectivity index (χ1n) is 5.42. The molecule has 1 saturated carbocycles. The van der Waals surface area contributed by atoms with Crippen LogP contribution in [0.2, 0.25) is 0 Å². The van der Waals surface area contributed by atoms with E-state index in [0.29, 0.717) is 17.7 Å². The number of hydrogen-bond donors (Lipinski definition) is 1. The van der Waals surface area contributed by atoms with Crippen LogP contribution in [0.25, 0.3) is 0 Å². The second kappa shape index (κ2) is 4.65. The smallest absolute Gasteiger partial charge is 0.240 e. The second-order valence-electron chi connectivity index (χ2n) is 3.91. The van der Waals surface area contributed by atoms with Crippen LogP contribution in [0.1, 0.15) is 24.6 Å². The fourth-order valence-corrected chi connectivity index (χ4v) is 1.85. The van der Waals surface area contributed by atoms with Crippen LogP contribution in [0.5, 0.6) is 11.8 Å². The first-order chi connectivity index (χ1) is 7.80. The Hall–Kier alpha value is -1.36. The highest BCUT2D eigenvalue weighted by Gasteiger charge is 2.34. The van der Waals surface area contributed by atoms with Crippen LogP contribution < -0.4 is 14.8 Å². The molecule has 1 heterocycles. The summed E-state index contributed by atoms with van der Waals surface area (Å²) in [6.45, 7) is 0. The minimum atomic E-state index is 0.230. The zero-order chi connectivity index (χ0) is 11.5. The Labute approximate surface area is 95.2 Å². The summed E-state index contributed by atoms with van der Waals surface area (Å²) in [5.74, 6) is 1.68. The van der Waals surface area contributed by atoms with Gasteiger partial charge in [-0.2, -0.15) is 4.98 Å². The minimum absolute atomic E-state index is 0.230. The predicted octanol–water partition coefficient (Wildman–Crippen LogP) is 1.16. The SMILES string of the molecule is CNC(c1ncc(OC)nc1OC)C1CC1. The van der Waals surface area contributed by atoms with Gasteiger partial charge in [-0.1, -0.05) is 0 Å². The lowest BCUT2D eigenvalue weighted by Crippen LogP contribution is -2.20. The van der Waals surface area contributed by atoms with Gasteiger partial charge in [0.2, 0.25) is 11.8 Å². The summed E-state index contributed by atoms with van der Waals surface area (Å²) in [6.07, 6.45) is 4.11. The molecule has 0 aliphatic heterocycles. The highest BCUT2D eigenvalue weighted by molar-refractivity contribution is 5.27. The summed E-state index contributed by atoms with van der Waals surface area (Å²) in [7, 11) is 5.11. The Bertz CT molecular complexity index is 366. The van der Waals surface area contributed by atoms with Gasteiger partial charge in [0.05, 0.1) is 26.5 Å². The molecule has 1 aliphatic rings. The molecule has 0 radical (unpaired) electrons. The van der Waals surface area contributed by atoms with Gasteiger partial charge in [-0.05, 0) is 25.8 Å². The van der Waals surface area contributed by atoms with E-state index in [9.17, 15) is 0 Å². The van der Waals surface area contributed by atoms with E-state index in [-0.39, 0.29) is 6.04 Å². The number of nitrogens with one attached hydrogen (secondary N) is 1. The van der Waals surface area contributed by atoms with Crippen LogP contribution in [0.15, 0.2) is 6.20 Å². The van der Waals surface area contributed by atoms with E-state index >= 15 is 0 Å². The molecule has 0 bridgehead atoms. The summed E-state index contributed by atoms with van der Waals surface area (Å²) in [5.41, 5.74) is 0.869. The van der Waals surface area contributed by atoms with Crippen molar-refractivity contribution >= 4 is 0 Å². The lowest BCUT2D eigenvalue weighted by molar-refractivity contribution is 0.347. The van der Waals surface area contributed by atoms with Crippen LogP contribution in [0.3, 0.4) is 0 Å². The zero-order valence-corrected chi connectivity index (χ0v) is 9.86. The molecule has 88 valence electrons. The molecule has 1 fully saturated rings. The van der Waals surface area contributed by atoms with Gasteiger partial charge < -0.3 is 14.8 Å². The monoisotopic (exact) mass is 223 g/mol. The number of ether oxygens (including phenoxy) is 2. The molecular weight excluding hydrogens is 206 g/mol. The van der Waals surface area contributed by atoms with E-state index in [0.717, 1.165) is 5.69 Å². The molecule has 2 rings (SSSR count). The maximum absolute atomic E-state index is 5.25. The number of rotatable bonds is 5. The summed E-state index contributed by atoms with van der Waals surface area (Å²) in [4.78, 5) is 8.62. The second-order valence-corrected chi connectivity index (χ2v) is 3.91. The molecule has 0 amide bonds. The molecule has 1 aromatic rings. The molecule has 16 heavy (non-hydrogen) atoms. The van der Waals surface area contributed by atoms with Crippen LogP contribution in [-0.4, -0.2) is 31.2 Å². The van der Waals surface area contributed by atoms with Gasteiger partial charge in [-0.25, -0.2) is 4.98 Å². The fourth-order valence-electron chi connectivity index (χ4n) is 1.85. The average molecular weight is 223 g/mol. The van der Waals surface area contributed by atoms with Gasteiger partial charge in [-0.15, -0.1) is 0 Å². The van der Waals surface area contributed by atoms with Crippen molar-refractivity contribution in [3.05, 3.63) is 11.9 Å². The Morgan fingerprint density at radius 3 is 2.62 bits per heavy atom. The highest BCUT2D eigenvalue weighted by atomic mass is 16.5. The van der Waals surface area contributed by atoms with E-state index in [4.69, 9.17) is 9.47 Å². The number of methoxy groups -OCH3 is 2. The molecule has 1 N–H and O–H groups in total. The van der Waals surface area contributed by atoms with E-state index in [2.05, 4.69) is 15.3 Å². The van der Waals surface area contributed by atoms with Crippen LogP contribution >= 0.6 is 0 Å². The third-order valence-corrected chi connectivity index (χ3v) is 2.85. The molecular formula is C11H17N3O2. The number of hydrogen-bond acceptors (Lipinski definition) is 5. The van der Waals surface area contributed by atoms with E-state index in [1.165, 1.54) is 12.8 Å². The maximum Gasteiger partial charge on any atom is 0.240 e. The van der Waals surface area contributed by atoms with Crippen molar-refractivity contribution in [2.75, 3.05) is 21.3 Å². The Morgan fingerprint density at radius 1 is 1.38 bits per heavy atom. The molecule has 1 aromatic heterocycles. The highest BCUT2D eigenvalue weighted by Crippen LogP contribution is 2.42. The topological polar surface area (TPSA) is 56.3 Å². The summed E-state index contributed by atoms with van der Waals surface area (Å²) < 4.78 is 10.3. The third-order valence-electron chi connectivity index (χ3n) is 2.85. The van der Waals surface area contributed by atoms with E-state index in [1.807, 2.05) is 7.05 Å². The maximum atomic E-state index is 5.25. The normalized spacial score (nSPS) is 16.9. The molecule has 0 saturated heterocycles. The van der Waals surface area contributed by atoms with E-state index in [1.54, 1.807) is 20.4 Å². The van der Waals surface area contributed by atoms with Crippen molar-refractivity contribution in [3.8, 4) is 11.8 Å². The largest absolute Gasteiger partial charge is 0.480 e. The molecule has 0 aromatic carbocycles. The van der Waals surface area contributed by atoms with Gasteiger partial charge in [0, 0.05) is 0 Å². The van der Waals surface area contributed by atoms with Crippen LogP contribution in [-0.2, 0) is 0 Å². The van der Waals surface area contributed by atoms with Gasteiger partial charge in [0.15, 0.2) is 0 Å². The van der Waals surface area contributed by atoms with Gasteiger partial charge in [-0.3, -0.25) is 0 Å². The number of nitrogens with zero attached hydrogens (tertiary/aromatic N) is 2. The Balaban J connectivity index is 2.30.